The number of H-pyrrole nitrogens is 1. The molecule has 1 aliphatic carbocycles. The molecule has 112 valence electrons. The zero-order chi connectivity index (χ0) is 15.0. The van der Waals surface area contributed by atoms with Gasteiger partial charge in [0.1, 0.15) is 11.6 Å². The number of aryl methyl sites for hydroxylation is 1. The number of rotatable bonds is 5. The minimum atomic E-state index is -3.60. The molecule has 2 aromatic rings. The predicted molar refractivity (Wildman–Crippen MR) is 75.5 cm³/mol. The van der Waals surface area contributed by atoms with Crippen LogP contribution >= 0.6 is 0 Å². The van der Waals surface area contributed by atoms with Crippen molar-refractivity contribution in [2.45, 2.75) is 37.4 Å². The molecular weight excluding hydrogens is 293 g/mol. The number of hydrogen-bond donors (Lipinski definition) is 1. The van der Waals surface area contributed by atoms with Gasteiger partial charge in [-0.25, -0.2) is 17.8 Å². The number of imidazole rings is 1. The second-order valence-electron chi connectivity index (χ2n) is 5.24. The molecule has 0 unspecified atom stereocenters. The molecule has 1 aliphatic rings. The van der Waals surface area contributed by atoms with Crippen LogP contribution in [0.3, 0.4) is 0 Å². The molecule has 7 heteroatoms. The van der Waals surface area contributed by atoms with Crippen LogP contribution in [0.25, 0.3) is 0 Å². The molecule has 0 radical (unpaired) electrons. The lowest BCUT2D eigenvalue weighted by molar-refractivity contribution is 0.396. The monoisotopic (exact) mass is 309 g/mol. The van der Waals surface area contributed by atoms with Crippen molar-refractivity contribution in [1.82, 2.24) is 14.3 Å². The first-order valence-corrected chi connectivity index (χ1v) is 8.19. The van der Waals surface area contributed by atoms with E-state index >= 15 is 0 Å². The summed E-state index contributed by atoms with van der Waals surface area (Å²) in [5.74, 6) is 0.231. The Balaban J connectivity index is 1.89. The van der Waals surface area contributed by atoms with Crippen LogP contribution in [-0.2, 0) is 16.6 Å². The fraction of sp³-hybridized carbons (Fsp3) is 0.357. The highest BCUT2D eigenvalue weighted by atomic mass is 32.2. The highest BCUT2D eigenvalue weighted by Crippen LogP contribution is 2.33. The average molecular weight is 309 g/mol. The normalized spacial score (nSPS) is 15.6. The topological polar surface area (TPSA) is 66.1 Å². The van der Waals surface area contributed by atoms with Gasteiger partial charge in [-0.15, -0.1) is 0 Å². The number of hydrogen-bond acceptors (Lipinski definition) is 3. The van der Waals surface area contributed by atoms with Gasteiger partial charge in [-0.05, 0) is 37.5 Å². The highest BCUT2D eigenvalue weighted by Gasteiger charge is 2.38. The third-order valence-electron chi connectivity index (χ3n) is 3.47. The molecule has 1 aromatic carbocycles. The van der Waals surface area contributed by atoms with Crippen molar-refractivity contribution < 1.29 is 12.8 Å². The number of aromatic amines is 1. The van der Waals surface area contributed by atoms with Crippen LogP contribution in [-0.4, -0.2) is 28.7 Å². The van der Waals surface area contributed by atoms with Crippen LogP contribution in [0.5, 0.6) is 0 Å². The fourth-order valence-electron chi connectivity index (χ4n) is 2.20. The molecule has 1 N–H and O–H groups in total. The summed E-state index contributed by atoms with van der Waals surface area (Å²) in [5.41, 5.74) is 0.767. The van der Waals surface area contributed by atoms with Crippen molar-refractivity contribution >= 4 is 10.0 Å². The summed E-state index contributed by atoms with van der Waals surface area (Å²) in [6.45, 7) is 1.95. The second-order valence-corrected chi connectivity index (χ2v) is 7.10. The van der Waals surface area contributed by atoms with E-state index in [1.165, 1.54) is 22.6 Å². The van der Waals surface area contributed by atoms with E-state index in [1.54, 1.807) is 19.1 Å². The molecule has 0 spiro atoms. The van der Waals surface area contributed by atoms with Gasteiger partial charge >= 0.3 is 0 Å². The Morgan fingerprint density at radius 1 is 1.33 bits per heavy atom. The lowest BCUT2D eigenvalue weighted by Gasteiger charge is -2.21. The fourth-order valence-corrected chi connectivity index (χ4v) is 3.84. The number of aromatic nitrogens is 2. The Hall–Kier alpha value is -1.73. The third-order valence-corrected chi connectivity index (χ3v) is 5.28. The van der Waals surface area contributed by atoms with E-state index in [4.69, 9.17) is 0 Å². The summed E-state index contributed by atoms with van der Waals surface area (Å²) in [6, 6.07) is 5.92. The molecule has 1 fully saturated rings. The first kappa shape index (κ1) is 14.2. The van der Waals surface area contributed by atoms with Gasteiger partial charge in [-0.2, -0.15) is 4.31 Å². The summed E-state index contributed by atoms with van der Waals surface area (Å²) >= 11 is 0. The average Bonchev–Trinajstić information content (AvgIpc) is 3.18. The molecular formula is C14H16FN3O2S. The number of benzene rings is 1. The SMILES string of the molecule is Cc1ncc(S(=O)(=O)N(Cc2ccc(F)cc2)C2CC2)[nH]1. The van der Waals surface area contributed by atoms with E-state index in [2.05, 4.69) is 9.97 Å². The minimum Gasteiger partial charge on any atom is -0.332 e. The number of sulfonamides is 1. The van der Waals surface area contributed by atoms with Gasteiger partial charge < -0.3 is 4.98 Å². The van der Waals surface area contributed by atoms with E-state index < -0.39 is 10.0 Å². The maximum atomic E-state index is 13.0. The van der Waals surface area contributed by atoms with E-state index in [-0.39, 0.29) is 23.4 Å². The van der Waals surface area contributed by atoms with E-state index in [9.17, 15) is 12.8 Å². The number of nitrogens with zero attached hydrogens (tertiary/aromatic N) is 2. The first-order valence-electron chi connectivity index (χ1n) is 6.75. The molecule has 0 amide bonds. The summed E-state index contributed by atoms with van der Waals surface area (Å²) in [7, 11) is -3.60. The molecule has 1 aromatic heterocycles. The molecule has 5 nitrogen and oxygen atoms in total. The van der Waals surface area contributed by atoms with Crippen molar-refractivity contribution in [2.24, 2.45) is 0 Å². The van der Waals surface area contributed by atoms with Crippen molar-refractivity contribution in [2.75, 3.05) is 0 Å². The van der Waals surface area contributed by atoms with Crippen LogP contribution in [0.4, 0.5) is 4.39 Å². The molecule has 0 bridgehead atoms. The van der Waals surface area contributed by atoms with Gasteiger partial charge in [0, 0.05) is 12.6 Å². The van der Waals surface area contributed by atoms with Gasteiger partial charge in [-0.1, -0.05) is 12.1 Å². The summed E-state index contributed by atoms with van der Waals surface area (Å²) < 4.78 is 39.8. The first-order chi connectivity index (χ1) is 9.96. The maximum Gasteiger partial charge on any atom is 0.260 e. The third kappa shape index (κ3) is 2.98. The van der Waals surface area contributed by atoms with E-state index in [0.29, 0.717) is 5.82 Å². The highest BCUT2D eigenvalue weighted by molar-refractivity contribution is 7.89. The van der Waals surface area contributed by atoms with Crippen LogP contribution in [0.2, 0.25) is 0 Å². The summed E-state index contributed by atoms with van der Waals surface area (Å²) in [5, 5.41) is 0.106. The standard InChI is InChI=1S/C14H16FN3O2S/c1-10-16-8-14(17-10)21(19,20)18(13-6-7-13)9-11-2-4-12(15)5-3-11/h2-5,8,13H,6-7,9H2,1H3,(H,16,17). The Bertz CT molecular complexity index is 736. The van der Waals surface area contributed by atoms with Crippen LogP contribution < -0.4 is 0 Å². The van der Waals surface area contributed by atoms with Gasteiger partial charge in [0.15, 0.2) is 5.03 Å². The largest absolute Gasteiger partial charge is 0.332 e. The predicted octanol–water partition coefficient (Wildman–Crippen LogP) is 2.21. The van der Waals surface area contributed by atoms with Crippen molar-refractivity contribution in [3.63, 3.8) is 0 Å². The van der Waals surface area contributed by atoms with Gasteiger partial charge in [-0.3, -0.25) is 0 Å². The lowest BCUT2D eigenvalue weighted by Crippen LogP contribution is -2.33. The number of halogens is 1. The van der Waals surface area contributed by atoms with Crippen molar-refractivity contribution in [3.05, 3.63) is 47.7 Å². The molecule has 1 heterocycles. The Kier molecular flexibility index (Phi) is 3.54. The Morgan fingerprint density at radius 3 is 2.52 bits per heavy atom. The van der Waals surface area contributed by atoms with Crippen LogP contribution in [0, 0.1) is 12.7 Å². The van der Waals surface area contributed by atoms with Crippen molar-refractivity contribution in [1.29, 1.82) is 0 Å². The quantitative estimate of drug-likeness (QED) is 0.921. The van der Waals surface area contributed by atoms with Gasteiger partial charge in [0.05, 0.1) is 6.20 Å². The second kappa shape index (κ2) is 5.23. The van der Waals surface area contributed by atoms with Crippen molar-refractivity contribution in [3.8, 4) is 0 Å². The zero-order valence-electron chi connectivity index (χ0n) is 11.6. The molecule has 3 rings (SSSR count). The maximum absolute atomic E-state index is 13.0. The molecule has 21 heavy (non-hydrogen) atoms. The molecule has 0 aliphatic heterocycles. The Morgan fingerprint density at radius 2 is 2.00 bits per heavy atom. The molecule has 0 saturated heterocycles. The van der Waals surface area contributed by atoms with Gasteiger partial charge in [0.2, 0.25) is 0 Å². The summed E-state index contributed by atoms with van der Waals surface area (Å²) in [6.07, 6.45) is 3.05. The molecule has 1 saturated carbocycles. The van der Waals surface area contributed by atoms with Crippen LogP contribution in [0.1, 0.15) is 24.2 Å². The molecule has 0 atom stereocenters. The smallest absolute Gasteiger partial charge is 0.260 e. The number of nitrogens with one attached hydrogen (secondary N) is 1. The van der Waals surface area contributed by atoms with Gasteiger partial charge in [0.25, 0.3) is 10.0 Å². The minimum absolute atomic E-state index is 0.0173. The lowest BCUT2D eigenvalue weighted by atomic mass is 10.2. The van der Waals surface area contributed by atoms with E-state index in [0.717, 1.165) is 18.4 Å². The summed E-state index contributed by atoms with van der Waals surface area (Å²) in [4.78, 5) is 6.73. The Labute approximate surface area is 122 Å². The van der Waals surface area contributed by atoms with Crippen LogP contribution in [0.15, 0.2) is 35.5 Å². The zero-order valence-corrected chi connectivity index (χ0v) is 12.4. The van der Waals surface area contributed by atoms with E-state index in [1.807, 2.05) is 0 Å².